The maximum atomic E-state index is 9.05. The van der Waals surface area contributed by atoms with Crippen molar-refractivity contribution in [1.82, 2.24) is 0 Å². The van der Waals surface area contributed by atoms with Crippen LogP contribution >= 0.6 is 0 Å². The zero-order chi connectivity index (χ0) is 12.3. The van der Waals surface area contributed by atoms with E-state index in [1.807, 2.05) is 18.2 Å². The lowest BCUT2D eigenvalue weighted by Gasteiger charge is -2.10. The molecular formula is C15H24O2. The molecule has 1 aromatic carbocycles. The lowest BCUT2D eigenvalue weighted by Crippen LogP contribution is -2.05. The van der Waals surface area contributed by atoms with Gasteiger partial charge in [0.2, 0.25) is 0 Å². The molecule has 0 aliphatic carbocycles. The molecule has 0 fully saturated rings. The van der Waals surface area contributed by atoms with Crippen LogP contribution in [0.25, 0.3) is 0 Å². The van der Waals surface area contributed by atoms with Gasteiger partial charge in [0.1, 0.15) is 0 Å². The third-order valence-corrected chi connectivity index (χ3v) is 3.10. The van der Waals surface area contributed by atoms with Crippen LogP contribution in [-0.2, 0) is 11.3 Å². The molecule has 0 bridgehead atoms. The second-order valence-corrected chi connectivity index (χ2v) is 4.49. The summed E-state index contributed by atoms with van der Waals surface area (Å²) in [6, 6.07) is 10.2. The minimum atomic E-state index is 0.321. The highest BCUT2D eigenvalue weighted by Crippen LogP contribution is 2.11. The number of aliphatic hydroxyl groups excluding tert-OH is 1. The van der Waals surface area contributed by atoms with Gasteiger partial charge >= 0.3 is 0 Å². The summed E-state index contributed by atoms with van der Waals surface area (Å²) in [6.45, 7) is 3.98. The van der Waals surface area contributed by atoms with E-state index in [0.717, 1.165) is 32.3 Å². The van der Waals surface area contributed by atoms with Crippen molar-refractivity contribution >= 4 is 0 Å². The first-order valence-electron chi connectivity index (χ1n) is 6.59. The molecule has 0 amide bonds. The molecule has 0 spiro atoms. The number of unbranched alkanes of at least 4 members (excludes halogenated alkanes) is 1. The first-order valence-corrected chi connectivity index (χ1v) is 6.59. The summed E-state index contributed by atoms with van der Waals surface area (Å²) in [5, 5.41) is 9.05. The Kier molecular flexibility index (Phi) is 7.69. The Labute approximate surface area is 105 Å². The molecule has 0 heterocycles. The summed E-state index contributed by atoms with van der Waals surface area (Å²) >= 11 is 0. The third kappa shape index (κ3) is 6.44. The molecule has 1 atom stereocenters. The van der Waals surface area contributed by atoms with Gasteiger partial charge < -0.3 is 9.84 Å². The Balaban J connectivity index is 1.98. The Hall–Kier alpha value is -0.860. The number of rotatable bonds is 9. The Morgan fingerprint density at radius 3 is 2.59 bits per heavy atom. The molecule has 2 heteroatoms. The summed E-state index contributed by atoms with van der Waals surface area (Å²) in [5.41, 5.74) is 1.23. The van der Waals surface area contributed by atoms with Gasteiger partial charge in [0.15, 0.2) is 0 Å². The van der Waals surface area contributed by atoms with Crippen LogP contribution in [0, 0.1) is 5.92 Å². The van der Waals surface area contributed by atoms with Crippen LogP contribution in [0.15, 0.2) is 30.3 Å². The highest BCUT2D eigenvalue weighted by molar-refractivity contribution is 5.13. The zero-order valence-electron chi connectivity index (χ0n) is 10.8. The maximum absolute atomic E-state index is 9.05. The molecule has 1 rings (SSSR count). The summed E-state index contributed by atoms with van der Waals surface area (Å²) in [7, 11) is 0. The van der Waals surface area contributed by atoms with E-state index in [4.69, 9.17) is 9.84 Å². The minimum absolute atomic E-state index is 0.321. The Morgan fingerprint density at radius 1 is 1.18 bits per heavy atom. The third-order valence-electron chi connectivity index (χ3n) is 3.10. The smallest absolute Gasteiger partial charge is 0.0716 e. The fourth-order valence-corrected chi connectivity index (χ4v) is 1.83. The second-order valence-electron chi connectivity index (χ2n) is 4.49. The number of hydrogen-bond donors (Lipinski definition) is 1. The standard InChI is InChI=1S/C15H24O2/c1-2-14(12-16)8-6-7-11-17-13-15-9-4-3-5-10-15/h3-5,9-10,14,16H,2,6-8,11-13H2,1H3. The van der Waals surface area contributed by atoms with E-state index in [-0.39, 0.29) is 0 Å². The van der Waals surface area contributed by atoms with E-state index < -0.39 is 0 Å². The van der Waals surface area contributed by atoms with Gasteiger partial charge in [-0.15, -0.1) is 0 Å². The molecule has 0 aliphatic heterocycles. The predicted octanol–water partition coefficient (Wildman–Crippen LogP) is 3.39. The molecule has 1 N–H and O–H groups in total. The highest BCUT2D eigenvalue weighted by Gasteiger charge is 2.03. The largest absolute Gasteiger partial charge is 0.396 e. The average Bonchev–Trinajstić information content (AvgIpc) is 2.39. The Bertz CT molecular complexity index is 268. The van der Waals surface area contributed by atoms with E-state index in [1.54, 1.807) is 0 Å². The van der Waals surface area contributed by atoms with Crippen LogP contribution < -0.4 is 0 Å². The molecule has 0 aromatic heterocycles. The number of benzene rings is 1. The molecule has 17 heavy (non-hydrogen) atoms. The van der Waals surface area contributed by atoms with Crippen LogP contribution in [-0.4, -0.2) is 18.3 Å². The van der Waals surface area contributed by atoms with E-state index in [2.05, 4.69) is 19.1 Å². The van der Waals surface area contributed by atoms with E-state index in [1.165, 1.54) is 5.56 Å². The summed E-state index contributed by atoms with van der Waals surface area (Å²) in [4.78, 5) is 0. The fourth-order valence-electron chi connectivity index (χ4n) is 1.83. The van der Waals surface area contributed by atoms with E-state index >= 15 is 0 Å². The zero-order valence-corrected chi connectivity index (χ0v) is 10.8. The predicted molar refractivity (Wildman–Crippen MR) is 70.8 cm³/mol. The normalized spacial score (nSPS) is 12.6. The lowest BCUT2D eigenvalue weighted by atomic mass is 10.0. The van der Waals surface area contributed by atoms with Crippen LogP contribution in [0.4, 0.5) is 0 Å². The van der Waals surface area contributed by atoms with Gasteiger partial charge in [-0.1, -0.05) is 50.1 Å². The second kappa shape index (κ2) is 9.20. The summed E-state index contributed by atoms with van der Waals surface area (Å²) < 4.78 is 5.61. The van der Waals surface area contributed by atoms with Gasteiger partial charge in [0, 0.05) is 13.2 Å². The minimum Gasteiger partial charge on any atom is -0.396 e. The highest BCUT2D eigenvalue weighted by atomic mass is 16.5. The topological polar surface area (TPSA) is 29.5 Å². The van der Waals surface area contributed by atoms with Crippen molar-refractivity contribution in [2.24, 2.45) is 5.92 Å². The SMILES string of the molecule is CCC(CO)CCCCOCc1ccccc1. The monoisotopic (exact) mass is 236 g/mol. The first-order chi connectivity index (χ1) is 8.36. The molecule has 96 valence electrons. The van der Waals surface area contributed by atoms with Crippen LogP contribution in [0.5, 0.6) is 0 Å². The van der Waals surface area contributed by atoms with E-state index in [0.29, 0.717) is 19.1 Å². The quantitative estimate of drug-likeness (QED) is 0.666. The molecule has 0 saturated carbocycles. The van der Waals surface area contributed by atoms with Crippen molar-refractivity contribution in [3.63, 3.8) is 0 Å². The van der Waals surface area contributed by atoms with Gasteiger partial charge in [-0.3, -0.25) is 0 Å². The molecule has 0 saturated heterocycles. The van der Waals surface area contributed by atoms with Gasteiger partial charge in [0.25, 0.3) is 0 Å². The molecule has 0 aliphatic rings. The van der Waals surface area contributed by atoms with Crippen LogP contribution in [0.2, 0.25) is 0 Å². The molecule has 1 unspecified atom stereocenters. The van der Waals surface area contributed by atoms with Gasteiger partial charge in [0.05, 0.1) is 6.61 Å². The van der Waals surface area contributed by atoms with Gasteiger partial charge in [-0.05, 0) is 24.3 Å². The van der Waals surface area contributed by atoms with Crippen molar-refractivity contribution < 1.29 is 9.84 Å². The fraction of sp³-hybridized carbons (Fsp3) is 0.600. The maximum Gasteiger partial charge on any atom is 0.0716 e. The van der Waals surface area contributed by atoms with Crippen molar-refractivity contribution in [2.75, 3.05) is 13.2 Å². The van der Waals surface area contributed by atoms with Gasteiger partial charge in [-0.25, -0.2) is 0 Å². The van der Waals surface area contributed by atoms with Crippen molar-refractivity contribution in [2.45, 2.75) is 39.2 Å². The van der Waals surface area contributed by atoms with Crippen molar-refractivity contribution in [3.8, 4) is 0 Å². The summed E-state index contributed by atoms with van der Waals surface area (Å²) in [5.74, 6) is 0.476. The first kappa shape index (κ1) is 14.2. The van der Waals surface area contributed by atoms with Crippen molar-refractivity contribution in [1.29, 1.82) is 0 Å². The molecule has 2 nitrogen and oxygen atoms in total. The average molecular weight is 236 g/mol. The van der Waals surface area contributed by atoms with Crippen LogP contribution in [0.1, 0.15) is 38.2 Å². The summed E-state index contributed by atoms with van der Waals surface area (Å²) in [6.07, 6.45) is 4.42. The number of ether oxygens (including phenoxy) is 1. The number of aliphatic hydroxyl groups is 1. The van der Waals surface area contributed by atoms with Crippen LogP contribution in [0.3, 0.4) is 0 Å². The Morgan fingerprint density at radius 2 is 1.94 bits per heavy atom. The number of hydrogen-bond acceptors (Lipinski definition) is 2. The molecular weight excluding hydrogens is 212 g/mol. The van der Waals surface area contributed by atoms with Crippen molar-refractivity contribution in [3.05, 3.63) is 35.9 Å². The lowest BCUT2D eigenvalue weighted by molar-refractivity contribution is 0.114. The molecule has 0 radical (unpaired) electrons. The molecule has 1 aromatic rings. The van der Waals surface area contributed by atoms with E-state index in [9.17, 15) is 0 Å². The van der Waals surface area contributed by atoms with Gasteiger partial charge in [-0.2, -0.15) is 0 Å².